The molecule has 4 fully saturated rings. The number of allylic oxidation sites excluding steroid dienone is 3. The predicted octanol–water partition coefficient (Wildman–Crippen LogP) is 5.86. The van der Waals surface area contributed by atoms with Crippen LogP contribution in [0, 0.1) is 33.5 Å². The number of furan rings is 1. The maximum Gasteiger partial charge on any atom is 0.333 e. The van der Waals surface area contributed by atoms with Crippen molar-refractivity contribution in [3.8, 4) is 0 Å². The number of hydrogen-bond acceptors (Lipinski definition) is 8. The molecule has 1 aromatic heterocycles. The number of rotatable bonds is 5. The fourth-order valence-corrected chi connectivity index (χ4v) is 10.3. The highest BCUT2D eigenvalue weighted by molar-refractivity contribution is 6.00. The Morgan fingerprint density at radius 3 is 2.32 bits per heavy atom. The lowest BCUT2D eigenvalue weighted by Crippen LogP contribution is -2.73. The minimum atomic E-state index is -0.808. The molecule has 1 saturated heterocycles. The molecule has 0 radical (unpaired) electrons. The Labute approximate surface area is 259 Å². The molecule has 1 N–H and O–H groups in total. The zero-order valence-corrected chi connectivity index (χ0v) is 27.1. The van der Waals surface area contributed by atoms with Crippen LogP contribution < -0.4 is 0 Å². The van der Waals surface area contributed by atoms with Gasteiger partial charge in [0.1, 0.15) is 12.2 Å². The summed E-state index contributed by atoms with van der Waals surface area (Å²) in [6.07, 6.45) is 7.53. The molecule has 8 nitrogen and oxygen atoms in total. The van der Waals surface area contributed by atoms with E-state index < -0.39 is 63.9 Å². The fourth-order valence-electron chi connectivity index (χ4n) is 10.3. The SMILES string of the molecule is CC=C(C)C(=O)O[C@@H]1[C@@H]2OC[C@]3(C)[C@H](OC(=O)C(C)=CC)C[C@H](O)[C@@](C)([C@@H]23)[C@H]2CC[C@]3(C)C(=CC(=O)[C@H]3c3ccoc3)[C@]12C. The Morgan fingerprint density at radius 1 is 1.05 bits per heavy atom. The third-order valence-electron chi connectivity index (χ3n) is 12.8. The largest absolute Gasteiger partial charge is 0.472 e. The molecule has 2 heterocycles. The Hall–Kier alpha value is -2.97. The van der Waals surface area contributed by atoms with Gasteiger partial charge in [-0.25, -0.2) is 9.59 Å². The smallest absolute Gasteiger partial charge is 0.333 e. The second kappa shape index (κ2) is 10.3. The van der Waals surface area contributed by atoms with Crippen molar-refractivity contribution < 1.29 is 38.1 Å². The number of fused-ring (bicyclic) bond motifs is 4. The number of hydrogen-bond donors (Lipinski definition) is 1. The van der Waals surface area contributed by atoms with E-state index >= 15 is 0 Å². The second-order valence-electron chi connectivity index (χ2n) is 14.8. The summed E-state index contributed by atoms with van der Waals surface area (Å²) >= 11 is 0. The van der Waals surface area contributed by atoms with Crippen LogP contribution in [-0.4, -0.2) is 53.9 Å². The van der Waals surface area contributed by atoms with Crippen molar-refractivity contribution in [1.82, 2.24) is 0 Å². The van der Waals surface area contributed by atoms with E-state index in [4.69, 9.17) is 18.6 Å². The Kier molecular flexibility index (Phi) is 7.25. The molecule has 1 aromatic rings. The van der Waals surface area contributed by atoms with Gasteiger partial charge in [0.2, 0.25) is 0 Å². The van der Waals surface area contributed by atoms with Crippen LogP contribution in [0.4, 0.5) is 0 Å². The first-order valence-corrected chi connectivity index (χ1v) is 16.0. The van der Waals surface area contributed by atoms with Gasteiger partial charge >= 0.3 is 11.9 Å². The van der Waals surface area contributed by atoms with Gasteiger partial charge in [0, 0.05) is 50.7 Å². The summed E-state index contributed by atoms with van der Waals surface area (Å²) < 4.78 is 24.7. The van der Waals surface area contributed by atoms with Gasteiger partial charge in [-0.05, 0) is 64.2 Å². The van der Waals surface area contributed by atoms with Crippen molar-refractivity contribution in [2.24, 2.45) is 33.5 Å². The minimum Gasteiger partial charge on any atom is -0.472 e. The third-order valence-corrected chi connectivity index (χ3v) is 12.8. The molecule has 0 unspecified atom stereocenters. The molecule has 0 aromatic carbocycles. The molecule has 0 spiro atoms. The van der Waals surface area contributed by atoms with Crippen LogP contribution in [0.2, 0.25) is 0 Å². The van der Waals surface area contributed by atoms with Gasteiger partial charge in [0.05, 0.1) is 37.3 Å². The van der Waals surface area contributed by atoms with Crippen molar-refractivity contribution in [2.45, 2.75) is 105 Å². The molecule has 44 heavy (non-hydrogen) atoms. The van der Waals surface area contributed by atoms with E-state index in [2.05, 4.69) is 27.7 Å². The molecule has 0 bridgehead atoms. The number of carbonyl (C=O) groups is 3. The third kappa shape index (κ3) is 3.92. The highest BCUT2D eigenvalue weighted by Gasteiger charge is 2.78. The summed E-state index contributed by atoms with van der Waals surface area (Å²) in [6, 6.07) is 1.86. The van der Waals surface area contributed by atoms with Gasteiger partial charge in [0.25, 0.3) is 0 Å². The molecular weight excluding hydrogens is 560 g/mol. The van der Waals surface area contributed by atoms with E-state index in [0.717, 1.165) is 24.0 Å². The molecule has 3 saturated carbocycles. The maximum atomic E-state index is 13.8. The number of carbonyl (C=O) groups excluding carboxylic acids is 3. The van der Waals surface area contributed by atoms with Gasteiger partial charge in [-0.1, -0.05) is 39.8 Å². The highest BCUT2D eigenvalue weighted by Crippen LogP contribution is 2.75. The normalized spacial score (nSPS) is 44.8. The van der Waals surface area contributed by atoms with Crippen LogP contribution in [0.5, 0.6) is 0 Å². The average molecular weight is 607 g/mol. The molecule has 5 aliphatic rings. The maximum absolute atomic E-state index is 13.8. The summed E-state index contributed by atoms with van der Waals surface area (Å²) in [6.45, 7) is 15.8. The standard InChI is InChI=1S/C36H46O8/c1-9-19(3)31(39)43-26-16-25(38)36(8)23-11-13-33(5)24(15-22(37)27(33)21-12-14-41-17-21)35(23,7)30(44-32(40)20(4)10-2)28-29(36)34(26,6)18-42-28/h9-10,12,14-15,17,23,25-30,38H,11,13,16,18H2,1-8H3/t23-,25-,26+,27+,28+,29-,30+,33+,34+,35+,36-/m0/s1. The monoisotopic (exact) mass is 606 g/mol. The molecule has 4 aliphatic carbocycles. The first-order chi connectivity index (χ1) is 20.7. The van der Waals surface area contributed by atoms with E-state index in [0.29, 0.717) is 17.8 Å². The van der Waals surface area contributed by atoms with Gasteiger partial charge < -0.3 is 23.7 Å². The van der Waals surface area contributed by atoms with E-state index in [9.17, 15) is 19.5 Å². The van der Waals surface area contributed by atoms with Gasteiger partial charge in [-0.2, -0.15) is 0 Å². The van der Waals surface area contributed by atoms with Crippen LogP contribution in [0.15, 0.2) is 58.0 Å². The number of ketones is 1. The number of aliphatic hydroxyl groups excluding tert-OH is 1. The Bertz CT molecular complexity index is 1470. The van der Waals surface area contributed by atoms with Gasteiger partial charge in [0.15, 0.2) is 5.78 Å². The lowest BCUT2D eigenvalue weighted by Gasteiger charge is -2.69. The zero-order chi connectivity index (χ0) is 32.0. The van der Waals surface area contributed by atoms with E-state index in [1.165, 1.54) is 0 Å². The molecule has 238 valence electrons. The quantitative estimate of drug-likeness (QED) is 0.328. The van der Waals surface area contributed by atoms with Crippen molar-refractivity contribution in [3.63, 3.8) is 0 Å². The lowest BCUT2D eigenvalue weighted by atomic mass is 9.36. The summed E-state index contributed by atoms with van der Waals surface area (Å²) in [5.41, 5.74) is 0.167. The first-order valence-electron chi connectivity index (χ1n) is 16.0. The Balaban J connectivity index is 1.50. The first kappa shape index (κ1) is 31.0. The van der Waals surface area contributed by atoms with Crippen LogP contribution in [-0.2, 0) is 28.6 Å². The minimum absolute atomic E-state index is 0.0143. The molecular formula is C36H46O8. The predicted molar refractivity (Wildman–Crippen MR) is 162 cm³/mol. The van der Waals surface area contributed by atoms with E-state index in [-0.39, 0.29) is 24.0 Å². The molecule has 8 heteroatoms. The van der Waals surface area contributed by atoms with E-state index in [1.807, 2.05) is 6.07 Å². The van der Waals surface area contributed by atoms with Crippen LogP contribution >= 0.6 is 0 Å². The fraction of sp³-hybridized carbons (Fsp3) is 0.639. The number of ether oxygens (including phenoxy) is 3. The molecule has 1 aliphatic heterocycles. The molecule has 0 amide bonds. The zero-order valence-electron chi connectivity index (χ0n) is 27.1. The van der Waals surface area contributed by atoms with Crippen molar-refractivity contribution in [2.75, 3.05) is 6.61 Å². The van der Waals surface area contributed by atoms with Crippen LogP contribution in [0.3, 0.4) is 0 Å². The average Bonchev–Trinajstić information content (AvgIpc) is 3.70. The number of esters is 2. The molecule has 6 rings (SSSR count). The lowest BCUT2D eigenvalue weighted by molar-refractivity contribution is -0.262. The van der Waals surface area contributed by atoms with Crippen molar-refractivity contribution in [3.05, 3.63) is 59.1 Å². The second-order valence-corrected chi connectivity index (χ2v) is 14.8. The van der Waals surface area contributed by atoms with Crippen molar-refractivity contribution in [1.29, 1.82) is 0 Å². The molecule has 11 atom stereocenters. The summed E-state index contributed by atoms with van der Waals surface area (Å²) in [4.78, 5) is 40.4. The summed E-state index contributed by atoms with van der Waals surface area (Å²) in [5, 5.41) is 12.2. The Morgan fingerprint density at radius 2 is 1.70 bits per heavy atom. The van der Waals surface area contributed by atoms with Crippen molar-refractivity contribution >= 4 is 17.7 Å². The van der Waals surface area contributed by atoms with Gasteiger partial charge in [-0.3, -0.25) is 4.79 Å². The summed E-state index contributed by atoms with van der Waals surface area (Å²) in [7, 11) is 0. The van der Waals surface area contributed by atoms with Gasteiger partial charge in [-0.15, -0.1) is 0 Å². The van der Waals surface area contributed by atoms with Crippen LogP contribution in [0.25, 0.3) is 0 Å². The van der Waals surface area contributed by atoms with Crippen LogP contribution in [0.1, 0.15) is 86.1 Å². The highest BCUT2D eigenvalue weighted by atomic mass is 16.6. The summed E-state index contributed by atoms with van der Waals surface area (Å²) in [5.74, 6) is -1.63. The van der Waals surface area contributed by atoms with E-state index in [1.54, 1.807) is 58.4 Å². The number of aliphatic hydroxyl groups is 1. The topological polar surface area (TPSA) is 112 Å².